The first-order valence-electron chi connectivity index (χ1n) is 3.79. The van der Waals surface area contributed by atoms with E-state index in [1.54, 1.807) is 0 Å². The van der Waals surface area contributed by atoms with Crippen LogP contribution >= 0.6 is 0 Å². The second kappa shape index (κ2) is 2.30. The summed E-state index contributed by atoms with van der Waals surface area (Å²) < 4.78 is 0. The molecule has 0 aromatic rings. The summed E-state index contributed by atoms with van der Waals surface area (Å²) in [4.78, 5) is 2.34. The zero-order valence-corrected chi connectivity index (χ0v) is 6.89. The first kappa shape index (κ1) is 7.07. The summed E-state index contributed by atoms with van der Waals surface area (Å²) in [5.41, 5.74) is 0. The van der Waals surface area contributed by atoms with Gasteiger partial charge in [0, 0.05) is 6.04 Å². The Morgan fingerprint density at radius 3 is 2.00 bits per heavy atom. The standard InChI is InChI=1S/C8H17N/c1-6(2)7-5-8(7)9(3)4/h6-8H,5H2,1-4H3. The molecule has 2 unspecified atom stereocenters. The normalized spacial score (nSPS) is 34.0. The van der Waals surface area contributed by atoms with Crippen LogP contribution < -0.4 is 0 Å². The van der Waals surface area contributed by atoms with Gasteiger partial charge in [0.25, 0.3) is 0 Å². The lowest BCUT2D eigenvalue weighted by Crippen LogP contribution is -2.17. The minimum atomic E-state index is 0.886. The zero-order valence-electron chi connectivity index (χ0n) is 6.89. The van der Waals surface area contributed by atoms with E-state index in [2.05, 4.69) is 32.8 Å². The van der Waals surface area contributed by atoms with Crippen LogP contribution in [-0.4, -0.2) is 25.0 Å². The molecule has 0 N–H and O–H groups in total. The molecule has 0 aliphatic heterocycles. The van der Waals surface area contributed by atoms with Crippen molar-refractivity contribution in [2.24, 2.45) is 11.8 Å². The molecule has 1 nitrogen and oxygen atoms in total. The Kier molecular flexibility index (Phi) is 1.80. The predicted octanol–water partition coefficient (Wildman–Crippen LogP) is 1.59. The first-order valence-corrected chi connectivity index (χ1v) is 3.79. The number of hydrogen-bond donors (Lipinski definition) is 0. The predicted molar refractivity (Wildman–Crippen MR) is 40.4 cm³/mol. The van der Waals surface area contributed by atoms with Crippen LogP contribution in [0.5, 0.6) is 0 Å². The molecule has 2 atom stereocenters. The maximum absolute atomic E-state index is 2.34. The fourth-order valence-corrected chi connectivity index (χ4v) is 1.51. The largest absolute Gasteiger partial charge is 0.306 e. The fourth-order valence-electron chi connectivity index (χ4n) is 1.51. The van der Waals surface area contributed by atoms with Crippen molar-refractivity contribution in [2.45, 2.75) is 26.3 Å². The van der Waals surface area contributed by atoms with Crippen LogP contribution in [0, 0.1) is 11.8 Å². The van der Waals surface area contributed by atoms with Gasteiger partial charge in [0.05, 0.1) is 0 Å². The summed E-state index contributed by atoms with van der Waals surface area (Å²) in [5.74, 6) is 1.87. The molecule has 0 saturated heterocycles. The van der Waals surface area contributed by atoms with Crippen molar-refractivity contribution in [2.75, 3.05) is 14.1 Å². The molecule has 1 rings (SSSR count). The van der Waals surface area contributed by atoms with Crippen LogP contribution in [0.4, 0.5) is 0 Å². The average molecular weight is 127 g/mol. The Labute approximate surface area is 58.0 Å². The van der Waals surface area contributed by atoms with Gasteiger partial charge in [0.1, 0.15) is 0 Å². The van der Waals surface area contributed by atoms with Gasteiger partial charge in [-0.1, -0.05) is 13.8 Å². The van der Waals surface area contributed by atoms with Crippen molar-refractivity contribution in [3.63, 3.8) is 0 Å². The third kappa shape index (κ3) is 1.45. The highest BCUT2D eigenvalue weighted by molar-refractivity contribution is 4.94. The van der Waals surface area contributed by atoms with Crippen molar-refractivity contribution < 1.29 is 0 Å². The molecular formula is C8H17N. The van der Waals surface area contributed by atoms with Gasteiger partial charge >= 0.3 is 0 Å². The van der Waals surface area contributed by atoms with Gasteiger partial charge in [-0.05, 0) is 32.4 Å². The molecule has 0 spiro atoms. The van der Waals surface area contributed by atoms with Crippen LogP contribution in [0.1, 0.15) is 20.3 Å². The van der Waals surface area contributed by atoms with Crippen LogP contribution in [-0.2, 0) is 0 Å². The summed E-state index contributed by atoms with van der Waals surface area (Å²) in [6.07, 6.45) is 1.42. The Bertz CT molecular complexity index is 84.7. The quantitative estimate of drug-likeness (QED) is 0.544. The highest BCUT2D eigenvalue weighted by atomic mass is 15.1. The van der Waals surface area contributed by atoms with Crippen molar-refractivity contribution in [3.05, 3.63) is 0 Å². The van der Waals surface area contributed by atoms with Crippen LogP contribution in [0.25, 0.3) is 0 Å². The molecule has 0 amide bonds. The molecule has 1 saturated carbocycles. The molecule has 0 aromatic carbocycles. The van der Waals surface area contributed by atoms with Crippen molar-refractivity contribution in [3.8, 4) is 0 Å². The molecule has 1 heteroatoms. The van der Waals surface area contributed by atoms with Gasteiger partial charge in [-0.2, -0.15) is 0 Å². The number of rotatable bonds is 2. The van der Waals surface area contributed by atoms with E-state index in [9.17, 15) is 0 Å². The third-order valence-electron chi connectivity index (χ3n) is 2.32. The van der Waals surface area contributed by atoms with E-state index in [1.165, 1.54) is 6.42 Å². The molecular weight excluding hydrogens is 110 g/mol. The summed E-state index contributed by atoms with van der Waals surface area (Å²) in [5, 5.41) is 0. The fraction of sp³-hybridized carbons (Fsp3) is 1.00. The number of hydrogen-bond acceptors (Lipinski definition) is 1. The molecule has 0 bridgehead atoms. The topological polar surface area (TPSA) is 3.24 Å². The van der Waals surface area contributed by atoms with E-state index in [0.717, 1.165) is 17.9 Å². The van der Waals surface area contributed by atoms with Crippen molar-refractivity contribution in [1.82, 2.24) is 4.90 Å². The molecule has 1 aliphatic rings. The Balaban J connectivity index is 2.24. The van der Waals surface area contributed by atoms with Gasteiger partial charge in [0.2, 0.25) is 0 Å². The lowest BCUT2D eigenvalue weighted by molar-refractivity contribution is 0.353. The summed E-state index contributed by atoms with van der Waals surface area (Å²) in [6.45, 7) is 4.63. The van der Waals surface area contributed by atoms with Crippen LogP contribution in [0.2, 0.25) is 0 Å². The second-order valence-electron chi connectivity index (χ2n) is 3.67. The number of nitrogens with zero attached hydrogens (tertiary/aromatic N) is 1. The van der Waals surface area contributed by atoms with E-state index in [1.807, 2.05) is 0 Å². The first-order chi connectivity index (χ1) is 4.13. The molecule has 0 radical (unpaired) electrons. The maximum Gasteiger partial charge on any atom is 0.0124 e. The SMILES string of the molecule is CC(C)C1CC1N(C)C. The summed E-state index contributed by atoms with van der Waals surface area (Å²) in [6, 6.07) is 0.894. The van der Waals surface area contributed by atoms with Gasteiger partial charge in [-0.15, -0.1) is 0 Å². The van der Waals surface area contributed by atoms with E-state index in [4.69, 9.17) is 0 Å². The Morgan fingerprint density at radius 1 is 1.33 bits per heavy atom. The maximum atomic E-state index is 2.34. The molecule has 0 heterocycles. The van der Waals surface area contributed by atoms with E-state index in [0.29, 0.717) is 0 Å². The molecule has 1 aliphatic carbocycles. The summed E-state index contributed by atoms with van der Waals surface area (Å²) in [7, 11) is 4.35. The van der Waals surface area contributed by atoms with E-state index in [-0.39, 0.29) is 0 Å². The molecule has 0 aromatic heterocycles. The molecule has 1 fully saturated rings. The minimum absolute atomic E-state index is 0.886. The van der Waals surface area contributed by atoms with Gasteiger partial charge in [-0.3, -0.25) is 0 Å². The van der Waals surface area contributed by atoms with Gasteiger partial charge in [-0.25, -0.2) is 0 Å². The molecule has 54 valence electrons. The summed E-state index contributed by atoms with van der Waals surface area (Å²) >= 11 is 0. The Hall–Kier alpha value is -0.0400. The lowest BCUT2D eigenvalue weighted by Gasteiger charge is -2.09. The Morgan fingerprint density at radius 2 is 1.89 bits per heavy atom. The van der Waals surface area contributed by atoms with Crippen molar-refractivity contribution >= 4 is 0 Å². The third-order valence-corrected chi connectivity index (χ3v) is 2.32. The average Bonchev–Trinajstić information content (AvgIpc) is 2.39. The van der Waals surface area contributed by atoms with E-state index >= 15 is 0 Å². The molecule has 9 heavy (non-hydrogen) atoms. The van der Waals surface area contributed by atoms with E-state index < -0.39 is 0 Å². The monoisotopic (exact) mass is 127 g/mol. The highest BCUT2D eigenvalue weighted by Gasteiger charge is 2.40. The lowest BCUT2D eigenvalue weighted by atomic mass is 10.1. The highest BCUT2D eigenvalue weighted by Crippen LogP contribution is 2.39. The second-order valence-corrected chi connectivity index (χ2v) is 3.67. The van der Waals surface area contributed by atoms with Crippen molar-refractivity contribution in [1.29, 1.82) is 0 Å². The van der Waals surface area contributed by atoms with Gasteiger partial charge in [0.15, 0.2) is 0 Å². The van der Waals surface area contributed by atoms with Gasteiger partial charge < -0.3 is 4.90 Å². The smallest absolute Gasteiger partial charge is 0.0124 e. The van der Waals surface area contributed by atoms with Crippen LogP contribution in [0.15, 0.2) is 0 Å². The van der Waals surface area contributed by atoms with Crippen LogP contribution in [0.3, 0.4) is 0 Å². The minimum Gasteiger partial charge on any atom is -0.306 e. The zero-order chi connectivity index (χ0) is 7.02.